The molecule has 4 N–H and O–H groups in total. The molecule has 0 bridgehead atoms. The van der Waals surface area contributed by atoms with Crippen molar-refractivity contribution in [3.8, 4) is 0 Å². The largest absolute Gasteiger partial charge is 0.364 e. The molecular weight excluding hydrogens is 184 g/mol. The molecule has 0 aliphatic carbocycles. The van der Waals surface area contributed by atoms with Crippen LogP contribution in [0.15, 0.2) is 18.7 Å². The highest BCUT2D eigenvalue weighted by Gasteiger charge is 2.19. The Labute approximate surface area is 80.1 Å². The Hall–Kier alpha value is -2.02. The van der Waals surface area contributed by atoms with Crippen molar-refractivity contribution in [3.63, 3.8) is 0 Å². The summed E-state index contributed by atoms with van der Waals surface area (Å²) < 4.78 is 0. The van der Waals surface area contributed by atoms with Gasteiger partial charge in [0.2, 0.25) is 0 Å². The van der Waals surface area contributed by atoms with Crippen molar-refractivity contribution in [2.75, 3.05) is 12.1 Å². The van der Waals surface area contributed by atoms with Crippen LogP contribution in [0.5, 0.6) is 0 Å². The van der Waals surface area contributed by atoms with Gasteiger partial charge in [-0.05, 0) is 0 Å². The van der Waals surface area contributed by atoms with Crippen LogP contribution in [0.2, 0.25) is 0 Å². The van der Waals surface area contributed by atoms with Gasteiger partial charge in [-0.15, -0.1) is 5.53 Å². The van der Waals surface area contributed by atoms with Crippen molar-refractivity contribution in [3.05, 3.63) is 24.4 Å². The van der Waals surface area contributed by atoms with Gasteiger partial charge in [0.05, 0.1) is 6.33 Å². The fourth-order valence-electron chi connectivity index (χ4n) is 1.18. The second-order valence-corrected chi connectivity index (χ2v) is 2.84. The molecule has 0 atom stereocenters. The molecule has 74 valence electrons. The maximum Gasteiger partial charge on any atom is 0.271 e. The third-order valence-corrected chi connectivity index (χ3v) is 1.80. The van der Waals surface area contributed by atoms with E-state index >= 15 is 0 Å². The number of H-pyrrole nitrogens is 1. The Morgan fingerprint density at radius 3 is 2.93 bits per heavy atom. The van der Waals surface area contributed by atoms with Gasteiger partial charge in [0.25, 0.3) is 5.91 Å². The standard InChI is InChI=1S/C7H10N6O/c1-12-2-3-13(11-12)7-5(6(8)14)9-4-10-7/h2-4,11H,1H3,(H2,8,14)(H,9,10). The van der Waals surface area contributed by atoms with E-state index in [1.165, 1.54) is 6.33 Å². The topological polar surface area (TPSA) is 90.3 Å². The normalized spacial score (nSPS) is 15.2. The lowest BCUT2D eigenvalue weighted by atomic mass is 10.4. The zero-order valence-electron chi connectivity index (χ0n) is 7.56. The predicted molar refractivity (Wildman–Crippen MR) is 49.6 cm³/mol. The number of carbonyl (C=O) groups is 1. The van der Waals surface area contributed by atoms with Crippen molar-refractivity contribution in [1.82, 2.24) is 20.5 Å². The minimum atomic E-state index is -0.564. The van der Waals surface area contributed by atoms with Gasteiger partial charge in [0.1, 0.15) is 0 Å². The Morgan fingerprint density at radius 2 is 2.36 bits per heavy atom. The summed E-state index contributed by atoms with van der Waals surface area (Å²) in [5.41, 5.74) is 8.28. The molecule has 7 nitrogen and oxygen atoms in total. The molecule has 0 radical (unpaired) electrons. The van der Waals surface area contributed by atoms with Gasteiger partial charge in [0.15, 0.2) is 11.5 Å². The van der Waals surface area contributed by atoms with Gasteiger partial charge >= 0.3 is 0 Å². The fourth-order valence-corrected chi connectivity index (χ4v) is 1.18. The highest BCUT2D eigenvalue weighted by Crippen LogP contribution is 2.16. The summed E-state index contributed by atoms with van der Waals surface area (Å²) in [6.07, 6.45) is 4.97. The minimum Gasteiger partial charge on any atom is -0.364 e. The lowest BCUT2D eigenvalue weighted by Crippen LogP contribution is -2.38. The van der Waals surface area contributed by atoms with Gasteiger partial charge in [-0.3, -0.25) is 9.80 Å². The first kappa shape index (κ1) is 8.57. The number of nitrogens with one attached hydrogen (secondary N) is 2. The van der Waals surface area contributed by atoms with E-state index in [0.717, 1.165) is 0 Å². The van der Waals surface area contributed by atoms with Crippen LogP contribution in [-0.4, -0.2) is 27.9 Å². The fraction of sp³-hybridized carbons (Fsp3) is 0.143. The summed E-state index contributed by atoms with van der Waals surface area (Å²) in [7, 11) is 1.83. The second-order valence-electron chi connectivity index (χ2n) is 2.84. The summed E-state index contributed by atoms with van der Waals surface area (Å²) in [5.74, 6) is -0.0379. The molecule has 0 aromatic carbocycles. The maximum atomic E-state index is 11.0. The summed E-state index contributed by atoms with van der Waals surface area (Å²) in [6, 6.07) is 0. The lowest BCUT2D eigenvalue weighted by molar-refractivity contribution is 0.0996. The Kier molecular flexibility index (Phi) is 1.86. The van der Waals surface area contributed by atoms with Gasteiger partial charge < -0.3 is 10.7 Å². The average Bonchev–Trinajstić information content (AvgIpc) is 2.70. The van der Waals surface area contributed by atoms with Crippen molar-refractivity contribution in [2.24, 2.45) is 5.73 Å². The van der Waals surface area contributed by atoms with Crippen LogP contribution in [0.4, 0.5) is 5.82 Å². The lowest BCUT2D eigenvalue weighted by Gasteiger charge is -2.17. The Morgan fingerprint density at radius 1 is 1.57 bits per heavy atom. The molecule has 0 saturated carbocycles. The number of aromatic nitrogens is 2. The van der Waals surface area contributed by atoms with Crippen LogP contribution in [0, 0.1) is 0 Å². The molecule has 0 unspecified atom stereocenters. The van der Waals surface area contributed by atoms with Gasteiger partial charge in [-0.1, -0.05) is 0 Å². The van der Waals surface area contributed by atoms with Crippen LogP contribution < -0.4 is 16.3 Å². The zero-order chi connectivity index (χ0) is 10.1. The number of carbonyl (C=O) groups excluding carboxylic acids is 1. The van der Waals surface area contributed by atoms with E-state index in [0.29, 0.717) is 5.82 Å². The molecule has 14 heavy (non-hydrogen) atoms. The summed E-state index contributed by atoms with van der Waals surface area (Å²) in [4.78, 5) is 17.6. The highest BCUT2D eigenvalue weighted by atomic mass is 16.1. The molecule has 1 aliphatic heterocycles. The van der Waals surface area contributed by atoms with Crippen molar-refractivity contribution < 1.29 is 4.79 Å². The SMILES string of the molecule is CN1C=CN(c2[nH]cnc2C(N)=O)N1. The van der Waals surface area contributed by atoms with E-state index in [2.05, 4.69) is 15.5 Å². The molecule has 0 saturated heterocycles. The van der Waals surface area contributed by atoms with Gasteiger partial charge in [0, 0.05) is 19.4 Å². The number of anilines is 1. The van der Waals surface area contributed by atoms with Crippen LogP contribution in [-0.2, 0) is 0 Å². The number of nitrogens with zero attached hydrogens (tertiary/aromatic N) is 3. The first-order chi connectivity index (χ1) is 6.68. The van der Waals surface area contributed by atoms with Crippen LogP contribution >= 0.6 is 0 Å². The van der Waals surface area contributed by atoms with Gasteiger partial charge in [-0.25, -0.2) is 9.99 Å². The number of aromatic amines is 1. The molecule has 1 aromatic heterocycles. The molecule has 0 spiro atoms. The van der Waals surface area contributed by atoms with Crippen LogP contribution in [0.25, 0.3) is 0 Å². The molecule has 2 rings (SSSR count). The summed E-state index contributed by atoms with van der Waals surface area (Å²) in [6.45, 7) is 0. The monoisotopic (exact) mass is 194 g/mol. The third-order valence-electron chi connectivity index (χ3n) is 1.80. The summed E-state index contributed by atoms with van der Waals surface area (Å²) in [5, 5.41) is 3.35. The quantitative estimate of drug-likeness (QED) is 0.570. The van der Waals surface area contributed by atoms with E-state index in [9.17, 15) is 4.79 Å². The first-order valence-corrected chi connectivity index (χ1v) is 3.98. The smallest absolute Gasteiger partial charge is 0.271 e. The van der Waals surface area contributed by atoms with Crippen LogP contribution in [0.1, 0.15) is 10.5 Å². The predicted octanol–water partition coefficient (Wildman–Crippen LogP) is -0.849. The summed E-state index contributed by atoms with van der Waals surface area (Å²) >= 11 is 0. The molecule has 0 fully saturated rings. The molecule has 1 aromatic rings. The average molecular weight is 194 g/mol. The van der Waals surface area contributed by atoms with E-state index < -0.39 is 5.91 Å². The Balaban J connectivity index is 2.29. The third kappa shape index (κ3) is 1.29. The van der Waals surface area contributed by atoms with Gasteiger partial charge in [-0.2, -0.15) is 0 Å². The van der Waals surface area contributed by atoms with Crippen molar-refractivity contribution in [1.29, 1.82) is 0 Å². The molecule has 7 heteroatoms. The number of amides is 1. The van der Waals surface area contributed by atoms with E-state index in [1.54, 1.807) is 22.4 Å². The number of imidazole rings is 1. The van der Waals surface area contributed by atoms with Crippen LogP contribution in [0.3, 0.4) is 0 Å². The number of nitrogens with two attached hydrogens (primary N) is 1. The van der Waals surface area contributed by atoms with E-state index in [4.69, 9.17) is 5.73 Å². The van der Waals surface area contributed by atoms with Crippen molar-refractivity contribution >= 4 is 11.7 Å². The number of rotatable bonds is 2. The number of hydrogen-bond donors (Lipinski definition) is 3. The first-order valence-electron chi connectivity index (χ1n) is 3.98. The maximum absolute atomic E-state index is 11.0. The molecule has 1 amide bonds. The molecular formula is C7H10N6O. The highest BCUT2D eigenvalue weighted by molar-refractivity contribution is 5.95. The number of hydrogen-bond acceptors (Lipinski definition) is 5. The second kappa shape index (κ2) is 3.04. The Bertz CT molecular complexity index is 383. The van der Waals surface area contributed by atoms with E-state index in [-0.39, 0.29) is 5.69 Å². The molecule has 2 heterocycles. The minimum absolute atomic E-state index is 0.206. The van der Waals surface area contributed by atoms with Crippen molar-refractivity contribution in [2.45, 2.75) is 0 Å². The number of primary amides is 1. The van der Waals surface area contributed by atoms with E-state index in [1.807, 2.05) is 7.05 Å². The zero-order valence-corrected chi connectivity index (χ0v) is 7.56. The molecule has 1 aliphatic rings. The number of hydrazine groups is 2.